The van der Waals surface area contributed by atoms with Crippen molar-refractivity contribution >= 4 is 16.8 Å². The molecule has 0 saturated heterocycles. The molecule has 106 valence electrons. The lowest BCUT2D eigenvalue weighted by Crippen LogP contribution is -2.23. The van der Waals surface area contributed by atoms with Gasteiger partial charge in [0.25, 0.3) is 5.91 Å². The van der Waals surface area contributed by atoms with Gasteiger partial charge in [-0.2, -0.15) is 0 Å². The first-order valence-electron chi connectivity index (χ1n) is 6.63. The molecule has 1 amide bonds. The predicted octanol–water partition coefficient (Wildman–Crippen LogP) is 2.07. The molecule has 2 N–H and O–H groups in total. The number of nitrogens with zero attached hydrogens (tertiary/aromatic N) is 1. The Kier molecular flexibility index (Phi) is 3.24. The summed E-state index contributed by atoms with van der Waals surface area (Å²) in [5.74, 6) is 1.80. The molecule has 0 atom stereocenters. The molecule has 0 aliphatic heterocycles. The Hall–Kier alpha value is -3.32. The van der Waals surface area contributed by atoms with E-state index >= 15 is 0 Å². The van der Waals surface area contributed by atoms with E-state index in [4.69, 9.17) is 12.2 Å². The molecule has 4 nitrogen and oxygen atoms in total. The quantitative estimate of drug-likeness (QED) is 0.734. The molecule has 3 aromatic rings. The van der Waals surface area contributed by atoms with Crippen LogP contribution >= 0.6 is 0 Å². The van der Waals surface area contributed by atoms with Gasteiger partial charge in [-0.15, -0.1) is 6.42 Å². The monoisotopic (exact) mass is 288 g/mol. The number of carbonyl (C=O) groups excluding carboxylic acids is 1. The molecule has 4 heteroatoms. The van der Waals surface area contributed by atoms with Crippen molar-refractivity contribution in [1.29, 1.82) is 0 Å². The van der Waals surface area contributed by atoms with Crippen LogP contribution < -0.4 is 11.2 Å². The Labute approximate surface area is 126 Å². The van der Waals surface area contributed by atoms with Crippen LogP contribution in [-0.4, -0.2) is 10.5 Å². The summed E-state index contributed by atoms with van der Waals surface area (Å²) in [5.41, 5.74) is 7.16. The lowest BCUT2D eigenvalue weighted by Gasteiger charge is -2.12. The Balaban J connectivity index is 2.37. The lowest BCUT2D eigenvalue weighted by atomic mass is 10.1. The fourth-order valence-electron chi connectivity index (χ4n) is 2.39. The maximum absolute atomic E-state index is 12.3. The number of hydrogen-bond acceptors (Lipinski definition) is 2. The van der Waals surface area contributed by atoms with Crippen molar-refractivity contribution in [3.8, 4) is 18.0 Å². The standard InChI is InChI=1S/C18H12N2O2/c1-2-12-7-9-13(10-8-12)20-11-15(18(19)22)17(21)14-5-3-4-6-16(14)20/h1,3-11H,(H2,19,22). The molecule has 0 aliphatic carbocycles. The van der Waals surface area contributed by atoms with E-state index in [9.17, 15) is 9.59 Å². The van der Waals surface area contributed by atoms with E-state index in [1.54, 1.807) is 28.8 Å². The molecule has 0 radical (unpaired) electrons. The van der Waals surface area contributed by atoms with Crippen LogP contribution in [0.25, 0.3) is 16.6 Å². The largest absolute Gasteiger partial charge is 0.365 e. The summed E-state index contributed by atoms with van der Waals surface area (Å²) in [6.07, 6.45) is 6.82. The maximum Gasteiger partial charge on any atom is 0.254 e. The Morgan fingerprint density at radius 2 is 1.77 bits per heavy atom. The summed E-state index contributed by atoms with van der Waals surface area (Å²) in [4.78, 5) is 23.8. The molecular weight excluding hydrogens is 276 g/mol. The predicted molar refractivity (Wildman–Crippen MR) is 86.0 cm³/mol. The second-order valence-corrected chi connectivity index (χ2v) is 4.81. The van der Waals surface area contributed by atoms with Gasteiger partial charge in [0.15, 0.2) is 0 Å². The first kappa shape index (κ1) is 13.7. The minimum Gasteiger partial charge on any atom is -0.365 e. The van der Waals surface area contributed by atoms with E-state index in [-0.39, 0.29) is 11.0 Å². The van der Waals surface area contributed by atoms with E-state index < -0.39 is 5.91 Å². The van der Waals surface area contributed by atoms with E-state index in [2.05, 4.69) is 5.92 Å². The lowest BCUT2D eigenvalue weighted by molar-refractivity contribution is 0.0999. The third-order valence-electron chi connectivity index (χ3n) is 3.49. The third-order valence-corrected chi connectivity index (χ3v) is 3.49. The molecule has 0 bridgehead atoms. The van der Waals surface area contributed by atoms with Gasteiger partial charge in [0.1, 0.15) is 5.56 Å². The number of benzene rings is 2. The Bertz CT molecular complexity index is 977. The molecule has 1 heterocycles. The number of pyridine rings is 1. The zero-order valence-corrected chi connectivity index (χ0v) is 11.6. The summed E-state index contributed by atoms with van der Waals surface area (Å²) in [7, 11) is 0. The van der Waals surface area contributed by atoms with Gasteiger partial charge < -0.3 is 10.3 Å². The first-order valence-corrected chi connectivity index (χ1v) is 6.63. The highest BCUT2D eigenvalue weighted by Crippen LogP contribution is 2.18. The number of nitrogens with two attached hydrogens (primary N) is 1. The zero-order valence-electron chi connectivity index (χ0n) is 11.6. The van der Waals surface area contributed by atoms with Crippen molar-refractivity contribution in [2.45, 2.75) is 0 Å². The fraction of sp³-hybridized carbons (Fsp3) is 0. The highest BCUT2D eigenvalue weighted by molar-refractivity contribution is 5.96. The highest BCUT2D eigenvalue weighted by Gasteiger charge is 2.13. The number of para-hydroxylation sites is 1. The SMILES string of the molecule is C#Cc1ccc(-n2cc(C(N)=O)c(=O)c3ccccc32)cc1. The summed E-state index contributed by atoms with van der Waals surface area (Å²) in [5, 5.41) is 0.444. The van der Waals surface area contributed by atoms with Crippen LogP contribution in [-0.2, 0) is 0 Å². The van der Waals surface area contributed by atoms with Crippen LogP contribution in [0.3, 0.4) is 0 Å². The molecule has 1 aromatic heterocycles. The summed E-state index contributed by atoms with van der Waals surface area (Å²) < 4.78 is 1.76. The number of carbonyl (C=O) groups is 1. The van der Waals surface area contributed by atoms with Gasteiger partial charge in [-0.1, -0.05) is 18.1 Å². The third kappa shape index (κ3) is 2.15. The Morgan fingerprint density at radius 3 is 2.41 bits per heavy atom. The number of terminal acetylenes is 1. The summed E-state index contributed by atoms with van der Waals surface area (Å²) in [6, 6.07) is 14.3. The van der Waals surface area contributed by atoms with Gasteiger partial charge in [0.2, 0.25) is 5.43 Å². The molecule has 0 spiro atoms. The topological polar surface area (TPSA) is 65.1 Å². The van der Waals surface area contributed by atoms with Gasteiger partial charge >= 0.3 is 0 Å². The van der Waals surface area contributed by atoms with E-state index in [1.807, 2.05) is 24.3 Å². The fourth-order valence-corrected chi connectivity index (χ4v) is 2.39. The molecule has 0 fully saturated rings. The number of aromatic nitrogens is 1. The number of rotatable bonds is 2. The van der Waals surface area contributed by atoms with Crippen molar-refractivity contribution in [2.75, 3.05) is 0 Å². The highest BCUT2D eigenvalue weighted by atomic mass is 16.2. The summed E-state index contributed by atoms with van der Waals surface area (Å²) in [6.45, 7) is 0. The van der Waals surface area contributed by atoms with Crippen molar-refractivity contribution in [3.63, 3.8) is 0 Å². The van der Waals surface area contributed by atoms with Crippen molar-refractivity contribution in [1.82, 2.24) is 4.57 Å². The van der Waals surface area contributed by atoms with Crippen LogP contribution in [0.2, 0.25) is 0 Å². The van der Waals surface area contributed by atoms with Crippen molar-refractivity contribution in [3.05, 3.63) is 76.1 Å². The molecule has 2 aromatic carbocycles. The molecule has 0 unspecified atom stereocenters. The van der Waals surface area contributed by atoms with Crippen molar-refractivity contribution < 1.29 is 4.79 Å². The number of hydrogen-bond donors (Lipinski definition) is 1. The van der Waals surface area contributed by atoms with Crippen LogP contribution in [0.1, 0.15) is 15.9 Å². The second kappa shape index (κ2) is 5.23. The normalized spacial score (nSPS) is 10.3. The molecule has 3 rings (SSSR count). The van der Waals surface area contributed by atoms with Crippen LogP contribution in [0, 0.1) is 12.3 Å². The molecule has 0 saturated carbocycles. The zero-order chi connectivity index (χ0) is 15.7. The molecular formula is C18H12N2O2. The summed E-state index contributed by atoms with van der Waals surface area (Å²) >= 11 is 0. The Morgan fingerprint density at radius 1 is 1.09 bits per heavy atom. The van der Waals surface area contributed by atoms with Gasteiger partial charge in [-0.25, -0.2) is 0 Å². The van der Waals surface area contributed by atoms with Gasteiger partial charge in [0, 0.05) is 22.8 Å². The van der Waals surface area contributed by atoms with Crippen LogP contribution in [0.15, 0.2) is 59.5 Å². The smallest absolute Gasteiger partial charge is 0.254 e. The second-order valence-electron chi connectivity index (χ2n) is 4.81. The van der Waals surface area contributed by atoms with Crippen LogP contribution in [0.5, 0.6) is 0 Å². The maximum atomic E-state index is 12.3. The minimum absolute atomic E-state index is 0.0419. The van der Waals surface area contributed by atoms with Crippen molar-refractivity contribution in [2.24, 2.45) is 5.73 Å². The number of primary amides is 1. The van der Waals surface area contributed by atoms with Gasteiger partial charge in [0.05, 0.1) is 5.52 Å². The van der Waals surface area contributed by atoms with E-state index in [0.29, 0.717) is 10.9 Å². The van der Waals surface area contributed by atoms with Gasteiger partial charge in [-0.05, 0) is 36.4 Å². The average molecular weight is 288 g/mol. The number of fused-ring (bicyclic) bond motifs is 1. The first-order chi connectivity index (χ1) is 10.6. The average Bonchev–Trinajstić information content (AvgIpc) is 2.55. The van der Waals surface area contributed by atoms with Gasteiger partial charge in [-0.3, -0.25) is 9.59 Å². The van der Waals surface area contributed by atoms with E-state index in [0.717, 1.165) is 11.3 Å². The van der Waals surface area contributed by atoms with E-state index in [1.165, 1.54) is 6.20 Å². The molecule has 0 aliphatic rings. The molecule has 22 heavy (non-hydrogen) atoms. The number of amides is 1. The van der Waals surface area contributed by atoms with Crippen LogP contribution in [0.4, 0.5) is 0 Å². The minimum atomic E-state index is -0.746.